The Balaban J connectivity index is 1.71. The number of methoxy groups -OCH3 is 1. The maximum absolute atomic E-state index is 12.7. The highest BCUT2D eigenvalue weighted by Crippen LogP contribution is 2.39. The van der Waals surface area contributed by atoms with Gasteiger partial charge in [-0.1, -0.05) is 0 Å². The Bertz CT molecular complexity index is 773. The first-order valence-electron chi connectivity index (χ1n) is 9.25. The highest BCUT2D eigenvalue weighted by Gasteiger charge is 2.34. The van der Waals surface area contributed by atoms with E-state index in [1.165, 1.54) is 12.3 Å². The van der Waals surface area contributed by atoms with Gasteiger partial charge in [0, 0.05) is 37.0 Å². The topological polar surface area (TPSA) is 58.5 Å². The van der Waals surface area contributed by atoms with Crippen LogP contribution in [0.2, 0.25) is 0 Å². The lowest BCUT2D eigenvalue weighted by Crippen LogP contribution is -2.38. The van der Waals surface area contributed by atoms with Gasteiger partial charge in [0.15, 0.2) is 0 Å². The van der Waals surface area contributed by atoms with Crippen LogP contribution < -0.4 is 9.64 Å². The van der Waals surface area contributed by atoms with Crippen molar-refractivity contribution in [1.29, 1.82) is 0 Å². The van der Waals surface area contributed by atoms with E-state index in [0.29, 0.717) is 24.5 Å². The van der Waals surface area contributed by atoms with Gasteiger partial charge in [0.25, 0.3) is 0 Å². The van der Waals surface area contributed by atoms with Gasteiger partial charge in [-0.3, -0.25) is 4.98 Å². The van der Waals surface area contributed by atoms with Gasteiger partial charge in [-0.2, -0.15) is 13.2 Å². The average Bonchev–Trinajstić information content (AvgIpc) is 2.68. The van der Waals surface area contributed by atoms with Crippen molar-refractivity contribution in [2.45, 2.75) is 38.0 Å². The van der Waals surface area contributed by atoms with E-state index in [1.807, 2.05) is 4.90 Å². The number of anilines is 1. The number of nitrogens with zero attached hydrogens (tertiary/aromatic N) is 3. The zero-order valence-corrected chi connectivity index (χ0v) is 15.9. The normalized spacial score (nSPS) is 18.0. The van der Waals surface area contributed by atoms with Crippen LogP contribution in [0.15, 0.2) is 36.8 Å². The number of halogens is 3. The zero-order chi connectivity index (χ0) is 20.3. The molecule has 2 atom stereocenters. The fourth-order valence-electron chi connectivity index (χ4n) is 4.00. The molecule has 8 heteroatoms. The molecule has 28 heavy (non-hydrogen) atoms. The van der Waals surface area contributed by atoms with Crippen LogP contribution in [-0.2, 0) is 6.18 Å². The average molecular weight is 395 g/mol. The Kier molecular flexibility index (Phi) is 6.07. The minimum atomic E-state index is -4.43. The molecule has 0 aliphatic carbocycles. The number of hydrogen-bond acceptors (Lipinski definition) is 5. The van der Waals surface area contributed by atoms with Crippen LogP contribution in [0.25, 0.3) is 0 Å². The molecule has 0 aromatic carbocycles. The number of aliphatic hydroxyl groups excluding tert-OH is 1. The maximum atomic E-state index is 12.7. The molecule has 0 radical (unpaired) electrons. The lowest BCUT2D eigenvalue weighted by Gasteiger charge is -2.38. The van der Waals surface area contributed by atoms with Gasteiger partial charge in [-0.25, -0.2) is 4.98 Å². The monoisotopic (exact) mass is 395 g/mol. The second-order valence-corrected chi connectivity index (χ2v) is 7.11. The third-order valence-electron chi connectivity index (χ3n) is 5.36. The minimum Gasteiger partial charge on any atom is -0.496 e. The summed E-state index contributed by atoms with van der Waals surface area (Å²) < 4.78 is 43.5. The van der Waals surface area contributed by atoms with Crippen molar-refractivity contribution >= 4 is 5.69 Å². The molecule has 0 saturated carbocycles. The predicted octanol–water partition coefficient (Wildman–Crippen LogP) is 3.89. The summed E-state index contributed by atoms with van der Waals surface area (Å²) in [4.78, 5) is 9.76. The molecule has 2 unspecified atom stereocenters. The van der Waals surface area contributed by atoms with Gasteiger partial charge in [0.2, 0.25) is 0 Å². The molecular formula is C20H24F3N3O2. The molecular weight excluding hydrogens is 371 g/mol. The van der Waals surface area contributed by atoms with Crippen molar-refractivity contribution in [3.8, 4) is 5.75 Å². The lowest BCUT2D eigenvalue weighted by atomic mass is 9.77. The Morgan fingerprint density at radius 1 is 1.18 bits per heavy atom. The van der Waals surface area contributed by atoms with Crippen LogP contribution in [-0.4, -0.2) is 41.4 Å². The summed E-state index contributed by atoms with van der Waals surface area (Å²) in [7, 11) is 1.60. The summed E-state index contributed by atoms with van der Waals surface area (Å²) in [6.45, 7) is 3.14. The van der Waals surface area contributed by atoms with E-state index in [1.54, 1.807) is 32.5 Å². The number of aromatic nitrogens is 2. The van der Waals surface area contributed by atoms with Crippen molar-refractivity contribution in [1.82, 2.24) is 9.97 Å². The zero-order valence-electron chi connectivity index (χ0n) is 15.9. The Labute approximate surface area is 162 Å². The highest BCUT2D eigenvalue weighted by molar-refractivity contribution is 5.45. The number of aliphatic hydroxyl groups is 1. The Morgan fingerprint density at radius 3 is 2.43 bits per heavy atom. The Morgan fingerprint density at radius 2 is 1.89 bits per heavy atom. The second kappa shape index (κ2) is 8.34. The molecule has 0 spiro atoms. The number of hydrogen-bond donors (Lipinski definition) is 1. The third kappa shape index (κ3) is 4.38. The molecule has 1 aliphatic rings. The van der Waals surface area contributed by atoms with Crippen LogP contribution in [0, 0.1) is 5.92 Å². The van der Waals surface area contributed by atoms with Gasteiger partial charge in [0.1, 0.15) is 11.4 Å². The van der Waals surface area contributed by atoms with E-state index in [4.69, 9.17) is 4.74 Å². The first-order valence-corrected chi connectivity index (χ1v) is 9.25. The summed E-state index contributed by atoms with van der Waals surface area (Å²) in [5, 5.41) is 10.4. The quantitative estimate of drug-likeness (QED) is 0.833. The van der Waals surface area contributed by atoms with E-state index < -0.39 is 18.0 Å². The van der Waals surface area contributed by atoms with Gasteiger partial charge < -0.3 is 14.7 Å². The molecule has 1 aliphatic heterocycles. The molecule has 1 fully saturated rings. The van der Waals surface area contributed by atoms with Crippen molar-refractivity contribution in [2.24, 2.45) is 5.92 Å². The van der Waals surface area contributed by atoms with Crippen LogP contribution in [0.4, 0.5) is 18.9 Å². The molecule has 2 aromatic heterocycles. The van der Waals surface area contributed by atoms with Crippen molar-refractivity contribution in [3.63, 3.8) is 0 Å². The fourth-order valence-corrected chi connectivity index (χ4v) is 4.00. The summed E-state index contributed by atoms with van der Waals surface area (Å²) in [5.41, 5.74) is 0.678. The van der Waals surface area contributed by atoms with Crippen LogP contribution >= 0.6 is 0 Å². The van der Waals surface area contributed by atoms with Gasteiger partial charge in [0.05, 0.1) is 25.1 Å². The smallest absolute Gasteiger partial charge is 0.433 e. The molecule has 5 nitrogen and oxygen atoms in total. The fraction of sp³-hybridized carbons (Fsp3) is 0.500. The van der Waals surface area contributed by atoms with Crippen LogP contribution in [0.5, 0.6) is 5.75 Å². The van der Waals surface area contributed by atoms with Gasteiger partial charge in [-0.15, -0.1) is 0 Å². The number of alkyl halides is 3. The predicted molar refractivity (Wildman–Crippen MR) is 99.4 cm³/mol. The van der Waals surface area contributed by atoms with E-state index in [2.05, 4.69) is 9.97 Å². The molecule has 3 rings (SSSR count). The van der Waals surface area contributed by atoms with Crippen molar-refractivity contribution < 1.29 is 23.0 Å². The van der Waals surface area contributed by atoms with Crippen LogP contribution in [0.1, 0.15) is 36.9 Å². The minimum absolute atomic E-state index is 0.114. The second-order valence-electron chi connectivity index (χ2n) is 7.11. The van der Waals surface area contributed by atoms with Gasteiger partial charge >= 0.3 is 6.18 Å². The maximum Gasteiger partial charge on any atom is 0.433 e. The number of rotatable bonds is 5. The first kappa shape index (κ1) is 20.4. The highest BCUT2D eigenvalue weighted by atomic mass is 19.4. The van der Waals surface area contributed by atoms with Gasteiger partial charge in [-0.05, 0) is 43.9 Å². The van der Waals surface area contributed by atoms with Crippen LogP contribution in [0.3, 0.4) is 0 Å². The number of piperidine rings is 1. The molecule has 152 valence electrons. The number of ether oxygens (including phenoxy) is 1. The lowest BCUT2D eigenvalue weighted by molar-refractivity contribution is -0.141. The molecule has 0 bridgehead atoms. The first-order chi connectivity index (χ1) is 13.3. The summed E-state index contributed by atoms with van der Waals surface area (Å²) in [6.07, 6.45) is 1.27. The summed E-state index contributed by atoms with van der Waals surface area (Å²) in [5.74, 6) is 0.809. The van der Waals surface area contributed by atoms with E-state index >= 15 is 0 Å². The molecule has 2 aromatic rings. The van der Waals surface area contributed by atoms with Crippen molar-refractivity contribution in [2.75, 3.05) is 25.1 Å². The standard InChI is InChI=1S/C20H24F3N3O2/c1-13(27)19(16-12-24-8-5-17(16)28-2)14-6-9-26(10-7-14)15-3-4-18(25-11-15)20(21,22)23/h3-5,8,11-14,19,27H,6-7,9-10H2,1-2H3. The largest absolute Gasteiger partial charge is 0.496 e. The van der Waals surface area contributed by atoms with E-state index in [-0.39, 0.29) is 11.8 Å². The molecule has 1 saturated heterocycles. The third-order valence-corrected chi connectivity index (χ3v) is 5.36. The molecule has 1 N–H and O–H groups in total. The molecule has 3 heterocycles. The SMILES string of the molecule is COc1ccncc1C(C(C)O)C1CCN(c2ccc(C(F)(F)F)nc2)CC1. The Hall–Kier alpha value is -2.35. The van der Waals surface area contributed by atoms with Crippen molar-refractivity contribution in [3.05, 3.63) is 48.0 Å². The number of pyridine rings is 2. The van der Waals surface area contributed by atoms with E-state index in [0.717, 1.165) is 24.5 Å². The summed E-state index contributed by atoms with van der Waals surface area (Å²) >= 11 is 0. The summed E-state index contributed by atoms with van der Waals surface area (Å²) in [6, 6.07) is 4.26. The molecule has 0 amide bonds. The van der Waals surface area contributed by atoms with E-state index in [9.17, 15) is 18.3 Å².